The zero-order valence-electron chi connectivity index (χ0n) is 29.3. The highest BCUT2D eigenvalue weighted by Gasteiger charge is 2.14. The van der Waals surface area contributed by atoms with Gasteiger partial charge in [0.1, 0.15) is 34.3 Å². The van der Waals surface area contributed by atoms with E-state index in [-0.39, 0.29) is 12.2 Å². The summed E-state index contributed by atoms with van der Waals surface area (Å²) >= 11 is 0. The predicted octanol–water partition coefficient (Wildman–Crippen LogP) is 6.65. The summed E-state index contributed by atoms with van der Waals surface area (Å²) < 4.78 is 15.6. The van der Waals surface area contributed by atoms with Crippen molar-refractivity contribution in [1.82, 2.24) is 49.9 Å². The van der Waals surface area contributed by atoms with E-state index in [1.165, 1.54) is 10.7 Å². The lowest BCUT2D eigenvalue weighted by molar-refractivity contribution is -0.118. The minimum atomic E-state index is -0.456. The fraction of sp³-hybridized carbons (Fsp3) is 0.132. The van der Waals surface area contributed by atoms with Gasteiger partial charge in [-0.05, 0) is 87.4 Å². The van der Waals surface area contributed by atoms with Gasteiger partial charge < -0.3 is 16.4 Å². The lowest BCUT2D eigenvalue weighted by Gasteiger charge is -2.12. The van der Waals surface area contributed by atoms with Crippen molar-refractivity contribution in [1.29, 1.82) is 0 Å². The van der Waals surface area contributed by atoms with Crippen LogP contribution in [-0.2, 0) is 11.3 Å². The molecule has 5 N–H and O–H groups in total. The summed E-state index contributed by atoms with van der Waals surface area (Å²) in [5, 5.41) is 18.1. The first-order valence-corrected chi connectivity index (χ1v) is 16.5. The molecular weight excluding hydrogens is 674 g/mol. The molecule has 8 heterocycles. The van der Waals surface area contributed by atoms with Gasteiger partial charge in [0.05, 0.1) is 40.9 Å². The number of anilines is 4. The van der Waals surface area contributed by atoms with Gasteiger partial charge >= 0.3 is 0 Å². The molecule has 14 nitrogen and oxygen atoms in total. The second kappa shape index (κ2) is 14.6. The highest BCUT2D eigenvalue weighted by molar-refractivity contribution is 5.91. The van der Waals surface area contributed by atoms with E-state index in [9.17, 15) is 9.18 Å². The van der Waals surface area contributed by atoms with Crippen LogP contribution in [0.1, 0.15) is 22.5 Å². The van der Waals surface area contributed by atoms with E-state index >= 15 is 0 Å². The molecule has 8 aromatic rings. The Hall–Kier alpha value is -7.16. The molecule has 0 bridgehead atoms. The monoisotopic (exact) mass is 707 g/mol. The zero-order chi connectivity index (χ0) is 37.1. The molecule has 0 radical (unpaired) electrons. The molecule has 0 saturated carbocycles. The quantitative estimate of drug-likeness (QED) is 0.132. The Kier molecular flexibility index (Phi) is 9.44. The van der Waals surface area contributed by atoms with Crippen LogP contribution >= 0.6 is 0 Å². The van der Waals surface area contributed by atoms with Crippen LogP contribution in [0.3, 0.4) is 0 Å². The maximum Gasteiger partial charge on any atom is 0.239 e. The molecule has 0 aliphatic rings. The number of aryl methyl sites for hydroxylation is 4. The molecule has 0 aliphatic heterocycles. The van der Waals surface area contributed by atoms with Crippen molar-refractivity contribution >= 4 is 50.7 Å². The molecular formula is C38H34FN13O. The third-order valence-corrected chi connectivity index (χ3v) is 8.24. The topological polar surface area (TPSA) is 191 Å². The summed E-state index contributed by atoms with van der Waals surface area (Å²) in [5.74, 6) is -0.852. The number of rotatable bonds is 8. The fourth-order valence-corrected chi connectivity index (χ4v) is 5.55. The van der Waals surface area contributed by atoms with Crippen LogP contribution in [0.2, 0.25) is 0 Å². The van der Waals surface area contributed by atoms with Crippen molar-refractivity contribution in [3.05, 3.63) is 120 Å². The number of H-pyrrole nitrogens is 1. The summed E-state index contributed by atoms with van der Waals surface area (Å²) in [6.45, 7) is 7.69. The molecule has 53 heavy (non-hydrogen) atoms. The minimum Gasteiger partial charge on any atom is -0.368 e. The van der Waals surface area contributed by atoms with Gasteiger partial charge in [0, 0.05) is 47.6 Å². The first-order valence-electron chi connectivity index (χ1n) is 16.5. The number of nitrogens with two attached hydrogens (primary N) is 1. The summed E-state index contributed by atoms with van der Waals surface area (Å²) in [5.41, 5.74) is 17.4. The first kappa shape index (κ1) is 34.3. The van der Waals surface area contributed by atoms with E-state index in [0.717, 1.165) is 67.7 Å². The number of primary amides is 1. The van der Waals surface area contributed by atoms with Crippen LogP contribution in [0.25, 0.3) is 44.8 Å². The second-order valence-corrected chi connectivity index (χ2v) is 12.3. The van der Waals surface area contributed by atoms with Crippen LogP contribution in [0.15, 0.2) is 91.8 Å². The van der Waals surface area contributed by atoms with E-state index in [2.05, 4.69) is 55.8 Å². The lowest BCUT2D eigenvalue weighted by atomic mass is 10.1. The Morgan fingerprint density at radius 2 is 1.43 bits per heavy atom. The molecule has 0 aliphatic carbocycles. The van der Waals surface area contributed by atoms with E-state index in [1.54, 1.807) is 43.1 Å². The van der Waals surface area contributed by atoms with Crippen LogP contribution < -0.4 is 16.4 Å². The molecule has 0 spiro atoms. The van der Waals surface area contributed by atoms with E-state index in [1.807, 2.05) is 70.3 Å². The van der Waals surface area contributed by atoms with E-state index < -0.39 is 11.7 Å². The number of aromatic amines is 1. The van der Waals surface area contributed by atoms with Gasteiger partial charge in [-0.25, -0.2) is 9.37 Å². The van der Waals surface area contributed by atoms with Crippen molar-refractivity contribution in [2.24, 2.45) is 5.73 Å². The molecule has 8 aromatic heterocycles. The van der Waals surface area contributed by atoms with Crippen LogP contribution in [0.4, 0.5) is 27.1 Å². The number of hydrogen-bond donors (Lipinski definition) is 4. The predicted molar refractivity (Wildman–Crippen MR) is 201 cm³/mol. The number of amides is 1. The summed E-state index contributed by atoms with van der Waals surface area (Å²) in [6.07, 6.45) is 10.3. The van der Waals surface area contributed by atoms with Gasteiger partial charge in [0.25, 0.3) is 0 Å². The highest BCUT2D eigenvalue weighted by Crippen LogP contribution is 2.30. The van der Waals surface area contributed by atoms with Gasteiger partial charge in [-0.1, -0.05) is 6.07 Å². The zero-order valence-corrected chi connectivity index (χ0v) is 29.3. The van der Waals surface area contributed by atoms with Gasteiger partial charge in [-0.3, -0.25) is 39.5 Å². The third kappa shape index (κ3) is 7.63. The smallest absolute Gasteiger partial charge is 0.239 e. The molecule has 0 aromatic carbocycles. The van der Waals surface area contributed by atoms with Gasteiger partial charge in [0.2, 0.25) is 5.91 Å². The fourth-order valence-electron chi connectivity index (χ4n) is 5.55. The number of nitrogens with zero attached hydrogens (tertiary/aromatic N) is 9. The largest absolute Gasteiger partial charge is 0.368 e. The standard InChI is InChI=1S/C20H19N7O.C18H15FN6/c1-12-9-23-17(14-5-3-4-13(2)24-14)8-16(12)25-15-6-7-22-18-10-27(11-19(21)28)26-20(15)18;1-10-8-21-15(17-12(19)4-3-11(2)23-17)7-14(10)24-13-5-6-20-16-9-22-25-18(13)16/h3-10H,11H2,1-2H3,(H2,21,28)(H,23,25);3-9H,1-2H3,(H,22,25)(H,20,21,24). The maximum absolute atomic E-state index is 14.1. The Bertz CT molecular complexity index is 2620. The molecule has 8 rings (SSSR count). The SMILES string of the molecule is Cc1ccc(F)c(-c2cc(Nc3ccnc4cn[nH]c34)c(C)cn2)n1.Cc1cccc(-c2cc(Nc3ccnc4cn(CC(N)=O)nc34)c(C)cn2)n1. The van der Waals surface area contributed by atoms with Gasteiger partial charge in [0.15, 0.2) is 5.82 Å². The molecule has 0 unspecified atom stereocenters. The molecule has 0 atom stereocenters. The van der Waals surface area contributed by atoms with Crippen LogP contribution in [-0.4, -0.2) is 55.8 Å². The average molecular weight is 708 g/mol. The normalized spacial score (nSPS) is 11.0. The first-order chi connectivity index (χ1) is 25.6. The van der Waals surface area contributed by atoms with Crippen molar-refractivity contribution in [3.63, 3.8) is 0 Å². The number of carbonyl (C=O) groups excluding carboxylic acids is 1. The van der Waals surface area contributed by atoms with Crippen molar-refractivity contribution in [2.75, 3.05) is 10.6 Å². The molecule has 1 amide bonds. The molecule has 264 valence electrons. The average Bonchev–Trinajstić information content (AvgIpc) is 3.79. The van der Waals surface area contributed by atoms with Crippen molar-refractivity contribution < 1.29 is 9.18 Å². The van der Waals surface area contributed by atoms with Gasteiger partial charge in [-0.2, -0.15) is 10.2 Å². The van der Waals surface area contributed by atoms with Gasteiger partial charge in [-0.15, -0.1) is 0 Å². The van der Waals surface area contributed by atoms with Crippen LogP contribution in [0, 0.1) is 33.5 Å². The summed E-state index contributed by atoms with van der Waals surface area (Å²) in [4.78, 5) is 37.4. The number of aromatic nitrogens is 10. The molecule has 0 fully saturated rings. The number of carbonyl (C=O) groups is 1. The lowest BCUT2D eigenvalue weighted by Crippen LogP contribution is -2.18. The van der Waals surface area contributed by atoms with Crippen molar-refractivity contribution in [3.8, 4) is 22.8 Å². The van der Waals surface area contributed by atoms with E-state index in [0.29, 0.717) is 16.7 Å². The Balaban J connectivity index is 0.000000165. The summed E-state index contributed by atoms with van der Waals surface area (Å²) in [6, 6.07) is 16.3. The minimum absolute atomic E-state index is 0.00720. The molecule has 0 saturated heterocycles. The number of fused-ring (bicyclic) bond motifs is 2. The van der Waals surface area contributed by atoms with E-state index in [4.69, 9.17) is 5.73 Å². The Morgan fingerprint density at radius 3 is 2.19 bits per heavy atom. The molecule has 15 heteroatoms. The Labute approximate surface area is 302 Å². The third-order valence-electron chi connectivity index (χ3n) is 8.24. The Morgan fingerprint density at radius 1 is 0.755 bits per heavy atom. The number of halogens is 1. The second-order valence-electron chi connectivity index (χ2n) is 12.3. The maximum atomic E-state index is 14.1. The van der Waals surface area contributed by atoms with Crippen molar-refractivity contribution in [2.45, 2.75) is 34.2 Å². The number of nitrogens with one attached hydrogen (secondary N) is 3. The number of hydrogen-bond acceptors (Lipinski definition) is 11. The summed E-state index contributed by atoms with van der Waals surface area (Å²) in [7, 11) is 0. The van der Waals surface area contributed by atoms with Crippen LogP contribution in [0.5, 0.6) is 0 Å². The number of pyridine rings is 6. The highest BCUT2D eigenvalue weighted by atomic mass is 19.1.